The molecule has 2 aromatic rings. The molecule has 0 aliphatic rings. The van der Waals surface area contributed by atoms with Gasteiger partial charge < -0.3 is 4.74 Å². The normalized spacial score (nSPS) is 12.3. The zero-order chi connectivity index (χ0) is 16.3. The van der Waals surface area contributed by atoms with Crippen molar-refractivity contribution in [3.63, 3.8) is 0 Å². The van der Waals surface area contributed by atoms with Crippen molar-refractivity contribution in [1.82, 2.24) is 15.0 Å². The minimum atomic E-state index is 0.602. The van der Waals surface area contributed by atoms with Gasteiger partial charge in [0.25, 0.3) is 0 Å². The van der Waals surface area contributed by atoms with Gasteiger partial charge >= 0.3 is 0 Å². The highest BCUT2D eigenvalue weighted by Crippen LogP contribution is 2.16. The van der Waals surface area contributed by atoms with E-state index >= 15 is 0 Å². The summed E-state index contributed by atoms with van der Waals surface area (Å²) in [4.78, 5) is 0. The van der Waals surface area contributed by atoms with E-state index in [1.54, 1.807) is 4.68 Å². The largest absolute Gasteiger partial charge is 0.478 e. The average molecular weight is 313 g/mol. The zero-order valence-corrected chi connectivity index (χ0v) is 14.2. The lowest BCUT2D eigenvalue weighted by Gasteiger charge is -2.07. The molecular weight excluding hydrogens is 286 g/mol. The van der Waals surface area contributed by atoms with Crippen LogP contribution in [0.4, 0.5) is 0 Å². The second kappa shape index (κ2) is 9.82. The molecule has 23 heavy (non-hydrogen) atoms. The third kappa shape index (κ3) is 5.23. The summed E-state index contributed by atoms with van der Waals surface area (Å²) < 4.78 is 7.48. The summed E-state index contributed by atoms with van der Waals surface area (Å²) in [5.74, 6) is 0.712. The molecule has 0 fully saturated rings. The van der Waals surface area contributed by atoms with Gasteiger partial charge in [-0.3, -0.25) is 0 Å². The molecule has 1 aromatic heterocycles. The van der Waals surface area contributed by atoms with Gasteiger partial charge in [-0.15, -0.1) is 5.10 Å². The topological polar surface area (TPSA) is 39.9 Å². The number of rotatable bonds is 10. The van der Waals surface area contributed by atoms with Crippen molar-refractivity contribution in [3.05, 3.63) is 42.5 Å². The minimum Gasteiger partial charge on any atom is -0.478 e. The quantitative estimate of drug-likeness (QED) is 0.344. The van der Waals surface area contributed by atoms with Crippen LogP contribution in [0.25, 0.3) is 16.9 Å². The average Bonchev–Trinajstić information content (AvgIpc) is 3.00. The van der Waals surface area contributed by atoms with E-state index in [4.69, 9.17) is 4.74 Å². The molecule has 0 amide bonds. The lowest BCUT2D eigenvalue weighted by molar-refractivity contribution is 0.273. The summed E-state index contributed by atoms with van der Waals surface area (Å²) in [7, 11) is 0. The highest BCUT2D eigenvalue weighted by molar-refractivity contribution is 5.76. The predicted molar refractivity (Wildman–Crippen MR) is 95.9 cm³/mol. The Morgan fingerprint density at radius 1 is 1.13 bits per heavy atom. The number of para-hydroxylation sites is 1. The molecule has 0 N–H and O–H groups in total. The van der Waals surface area contributed by atoms with Crippen LogP contribution >= 0.6 is 0 Å². The Kier molecular flexibility index (Phi) is 7.37. The molecule has 124 valence electrons. The highest BCUT2D eigenvalue weighted by atomic mass is 16.5. The van der Waals surface area contributed by atoms with E-state index in [1.165, 1.54) is 32.1 Å². The van der Waals surface area contributed by atoms with Crippen molar-refractivity contribution in [1.29, 1.82) is 0 Å². The fourth-order valence-corrected chi connectivity index (χ4v) is 2.47. The van der Waals surface area contributed by atoms with Crippen molar-refractivity contribution in [2.45, 2.75) is 52.4 Å². The first-order chi connectivity index (χ1) is 11.4. The molecule has 0 saturated carbocycles. The number of aromatic nitrogens is 3. The zero-order valence-electron chi connectivity index (χ0n) is 14.2. The maximum atomic E-state index is 5.72. The van der Waals surface area contributed by atoms with Crippen LogP contribution in [0.2, 0.25) is 0 Å². The molecule has 1 aromatic carbocycles. The molecule has 0 bridgehead atoms. The van der Waals surface area contributed by atoms with Crippen molar-refractivity contribution in [3.8, 4) is 0 Å². The molecule has 0 atom stereocenters. The van der Waals surface area contributed by atoms with Gasteiger partial charge in [0.05, 0.1) is 12.1 Å². The summed E-state index contributed by atoms with van der Waals surface area (Å²) >= 11 is 0. The van der Waals surface area contributed by atoms with E-state index in [2.05, 4.69) is 29.4 Å². The number of unbranched alkanes of at least 4 members (excludes halogenated alkanes) is 5. The van der Waals surface area contributed by atoms with Crippen LogP contribution in [0.1, 0.15) is 52.4 Å². The van der Waals surface area contributed by atoms with Crippen molar-refractivity contribution >= 4 is 16.9 Å². The van der Waals surface area contributed by atoms with Crippen molar-refractivity contribution < 1.29 is 4.74 Å². The van der Waals surface area contributed by atoms with Crippen LogP contribution < -0.4 is 0 Å². The lowest BCUT2D eigenvalue weighted by atomic mass is 10.1. The molecule has 2 rings (SSSR count). The molecule has 0 aliphatic heterocycles. The summed E-state index contributed by atoms with van der Waals surface area (Å²) in [6, 6.07) is 7.90. The molecule has 0 saturated heterocycles. The standard InChI is InChI=1S/C19H27N3O/c1-3-5-6-7-8-9-10-11-16-19(23-4-2)22-18-15-13-12-14-17(18)20-21-22/h10-16H,3-9H2,1-2H3/b11-10-,19-16-. The van der Waals surface area contributed by atoms with Crippen LogP contribution in [0, 0.1) is 0 Å². The minimum absolute atomic E-state index is 0.602. The van der Waals surface area contributed by atoms with E-state index in [-0.39, 0.29) is 0 Å². The van der Waals surface area contributed by atoms with Crippen LogP contribution in [0.5, 0.6) is 0 Å². The number of nitrogens with zero attached hydrogens (tertiary/aromatic N) is 3. The monoisotopic (exact) mass is 313 g/mol. The summed E-state index contributed by atoms with van der Waals surface area (Å²) in [6.45, 7) is 4.82. The van der Waals surface area contributed by atoms with E-state index in [9.17, 15) is 0 Å². The molecule has 1 heterocycles. The third-order valence-corrected chi connectivity index (χ3v) is 3.70. The SMILES string of the molecule is CCCCCCC/C=C\C=C(/OCC)n1nnc2ccccc21. The first kappa shape index (κ1) is 17.3. The Morgan fingerprint density at radius 3 is 2.78 bits per heavy atom. The molecule has 0 aliphatic carbocycles. The summed E-state index contributed by atoms with van der Waals surface area (Å²) in [6.07, 6.45) is 13.9. The molecule has 0 radical (unpaired) electrons. The molecule has 0 unspecified atom stereocenters. The van der Waals surface area contributed by atoms with Crippen LogP contribution in [0.3, 0.4) is 0 Å². The van der Waals surface area contributed by atoms with Gasteiger partial charge in [-0.25, -0.2) is 0 Å². The first-order valence-corrected chi connectivity index (χ1v) is 8.67. The number of allylic oxidation sites excluding steroid dienone is 3. The predicted octanol–water partition coefficient (Wildman–Crippen LogP) is 5.18. The molecule has 4 heteroatoms. The fraction of sp³-hybridized carbons (Fsp3) is 0.474. The Bertz CT molecular complexity index is 643. The Morgan fingerprint density at radius 2 is 1.96 bits per heavy atom. The number of ether oxygens (including phenoxy) is 1. The van der Waals surface area contributed by atoms with Gasteiger partial charge in [-0.05, 0) is 31.9 Å². The smallest absolute Gasteiger partial charge is 0.216 e. The number of fused-ring (bicyclic) bond motifs is 1. The number of hydrogen-bond acceptors (Lipinski definition) is 3. The summed E-state index contributed by atoms with van der Waals surface area (Å²) in [5.41, 5.74) is 1.83. The van der Waals surface area contributed by atoms with E-state index in [1.807, 2.05) is 37.3 Å². The second-order valence-corrected chi connectivity index (χ2v) is 5.56. The Hall–Kier alpha value is -2.10. The van der Waals surface area contributed by atoms with Crippen LogP contribution in [-0.2, 0) is 4.74 Å². The lowest BCUT2D eigenvalue weighted by Crippen LogP contribution is -2.03. The van der Waals surface area contributed by atoms with Gasteiger partial charge in [0.2, 0.25) is 5.88 Å². The second-order valence-electron chi connectivity index (χ2n) is 5.56. The van der Waals surface area contributed by atoms with E-state index < -0.39 is 0 Å². The van der Waals surface area contributed by atoms with Gasteiger partial charge in [-0.1, -0.05) is 62.1 Å². The van der Waals surface area contributed by atoms with Crippen molar-refractivity contribution in [2.75, 3.05) is 6.61 Å². The van der Waals surface area contributed by atoms with Gasteiger partial charge in [0, 0.05) is 6.08 Å². The molecule has 0 spiro atoms. The fourth-order valence-electron chi connectivity index (χ4n) is 2.47. The first-order valence-electron chi connectivity index (χ1n) is 8.67. The highest BCUT2D eigenvalue weighted by Gasteiger charge is 2.08. The van der Waals surface area contributed by atoms with Gasteiger partial charge in [0.1, 0.15) is 5.52 Å². The van der Waals surface area contributed by atoms with E-state index in [0.717, 1.165) is 17.5 Å². The van der Waals surface area contributed by atoms with Gasteiger partial charge in [-0.2, -0.15) is 4.68 Å². The van der Waals surface area contributed by atoms with Crippen molar-refractivity contribution in [2.24, 2.45) is 0 Å². The molecule has 4 nitrogen and oxygen atoms in total. The maximum absolute atomic E-state index is 5.72. The van der Waals surface area contributed by atoms with Crippen LogP contribution in [0.15, 0.2) is 42.5 Å². The third-order valence-electron chi connectivity index (χ3n) is 3.70. The summed E-state index contributed by atoms with van der Waals surface area (Å²) in [5, 5.41) is 8.38. The number of hydrogen-bond donors (Lipinski definition) is 0. The maximum Gasteiger partial charge on any atom is 0.216 e. The van der Waals surface area contributed by atoms with Gasteiger partial charge in [0.15, 0.2) is 0 Å². The Balaban J connectivity index is 1.98. The Labute approximate surface area is 138 Å². The molecular formula is C19H27N3O. The van der Waals surface area contributed by atoms with Crippen LogP contribution in [-0.4, -0.2) is 21.6 Å². The van der Waals surface area contributed by atoms with E-state index in [0.29, 0.717) is 12.5 Å². The number of benzene rings is 1.